The molecule has 4 aromatic carbocycles. The molecular weight excluding hydrogens is 554 g/mol. The molecule has 0 aliphatic heterocycles. The normalized spacial score (nSPS) is 12.3. The van der Waals surface area contributed by atoms with Crippen LogP contribution in [0.15, 0.2) is 117 Å². The third-order valence-corrected chi connectivity index (χ3v) is 9.70. The second-order valence-electron chi connectivity index (χ2n) is 9.80. The Kier molecular flexibility index (Phi) is 8.12. The molecule has 1 atom stereocenters. The maximum atomic E-state index is 6.74. The number of hydrogen-bond acceptors (Lipinski definition) is 4. The number of para-hydroxylation sites is 2. The third kappa shape index (κ3) is 5.77. The van der Waals surface area contributed by atoms with E-state index in [2.05, 4.69) is 83.0 Å². The van der Waals surface area contributed by atoms with Crippen molar-refractivity contribution in [3.63, 3.8) is 0 Å². The maximum Gasteiger partial charge on any atom is 0.142 e. The number of nitrogens with one attached hydrogen (secondary N) is 2. The van der Waals surface area contributed by atoms with Crippen LogP contribution in [-0.2, 0) is 12.8 Å². The summed E-state index contributed by atoms with van der Waals surface area (Å²) < 4.78 is 5.53. The molecule has 0 radical (unpaired) electrons. The number of nitrogens with two attached hydrogens (primary N) is 1. The van der Waals surface area contributed by atoms with Crippen LogP contribution in [0.4, 0.5) is 0 Å². The zero-order chi connectivity index (χ0) is 27.5. The SMILES string of the molecule is COc1cccc2c(Sc3ccccc3CCC(N)Cc3cc(Cl)ccc3Sc3c[nH]c4ccccc34)c[nH]c12. The number of hydrogen-bond donors (Lipinski definition) is 3. The lowest BCUT2D eigenvalue weighted by Crippen LogP contribution is -2.24. The third-order valence-electron chi connectivity index (χ3n) is 7.11. The molecule has 7 heteroatoms. The van der Waals surface area contributed by atoms with Crippen molar-refractivity contribution in [1.82, 2.24) is 9.97 Å². The monoisotopic (exact) mass is 583 g/mol. The highest BCUT2D eigenvalue weighted by Crippen LogP contribution is 2.39. The van der Waals surface area contributed by atoms with Crippen LogP contribution in [0.25, 0.3) is 21.8 Å². The van der Waals surface area contributed by atoms with Crippen LogP contribution in [0.2, 0.25) is 5.02 Å². The highest BCUT2D eigenvalue weighted by molar-refractivity contribution is 8.00. The van der Waals surface area contributed by atoms with E-state index in [1.165, 1.54) is 36.1 Å². The first-order valence-corrected chi connectivity index (χ1v) is 15.3. The van der Waals surface area contributed by atoms with Gasteiger partial charge in [-0.1, -0.05) is 83.7 Å². The van der Waals surface area contributed by atoms with Gasteiger partial charge in [0.25, 0.3) is 0 Å². The van der Waals surface area contributed by atoms with E-state index in [1.807, 2.05) is 24.3 Å². The maximum absolute atomic E-state index is 6.74. The van der Waals surface area contributed by atoms with Crippen LogP contribution < -0.4 is 10.5 Å². The molecule has 4 N–H and O–H groups in total. The van der Waals surface area contributed by atoms with Crippen molar-refractivity contribution >= 4 is 56.9 Å². The van der Waals surface area contributed by atoms with Crippen LogP contribution in [-0.4, -0.2) is 23.1 Å². The molecule has 0 saturated carbocycles. The summed E-state index contributed by atoms with van der Waals surface area (Å²) in [5.74, 6) is 0.854. The van der Waals surface area contributed by atoms with Gasteiger partial charge in [0.15, 0.2) is 0 Å². The van der Waals surface area contributed by atoms with Gasteiger partial charge in [0, 0.05) is 59.3 Å². The fourth-order valence-corrected chi connectivity index (χ4v) is 7.39. The molecule has 0 fully saturated rings. The fourth-order valence-electron chi connectivity index (χ4n) is 5.06. The van der Waals surface area contributed by atoms with Crippen LogP contribution >= 0.6 is 35.1 Å². The van der Waals surface area contributed by atoms with Crippen molar-refractivity contribution in [3.05, 3.63) is 113 Å². The van der Waals surface area contributed by atoms with Crippen molar-refractivity contribution in [2.24, 2.45) is 5.73 Å². The van der Waals surface area contributed by atoms with E-state index in [0.29, 0.717) is 0 Å². The van der Waals surface area contributed by atoms with Gasteiger partial charge in [-0.3, -0.25) is 0 Å². The Morgan fingerprint density at radius 3 is 2.38 bits per heavy atom. The number of fused-ring (bicyclic) bond motifs is 2. The lowest BCUT2D eigenvalue weighted by Gasteiger charge is -2.16. The molecular formula is C33H30ClN3OS2. The first kappa shape index (κ1) is 26.9. The highest BCUT2D eigenvalue weighted by atomic mass is 35.5. The Labute approximate surface area is 247 Å². The van der Waals surface area contributed by atoms with Crippen molar-refractivity contribution in [2.75, 3.05) is 7.11 Å². The summed E-state index contributed by atoms with van der Waals surface area (Å²) in [5.41, 5.74) is 11.4. The smallest absolute Gasteiger partial charge is 0.142 e. The molecule has 0 aliphatic carbocycles. The number of methoxy groups -OCH3 is 1. The summed E-state index contributed by atoms with van der Waals surface area (Å²) in [6.07, 6.45) is 6.69. The van der Waals surface area contributed by atoms with Crippen molar-refractivity contribution in [2.45, 2.75) is 44.9 Å². The highest BCUT2D eigenvalue weighted by Gasteiger charge is 2.15. The molecule has 2 heterocycles. The van der Waals surface area contributed by atoms with Crippen LogP contribution in [0.5, 0.6) is 5.75 Å². The number of aryl methyl sites for hydroxylation is 1. The molecule has 0 aliphatic rings. The quantitative estimate of drug-likeness (QED) is 0.150. The molecule has 0 bridgehead atoms. The summed E-state index contributed by atoms with van der Waals surface area (Å²) in [4.78, 5) is 11.6. The molecule has 202 valence electrons. The average molecular weight is 584 g/mol. The Hall–Kier alpha value is -3.29. The van der Waals surface area contributed by atoms with Crippen molar-refractivity contribution < 1.29 is 4.74 Å². The number of ether oxygens (including phenoxy) is 1. The summed E-state index contributed by atoms with van der Waals surface area (Å²) in [5, 5.41) is 3.13. The predicted molar refractivity (Wildman–Crippen MR) is 169 cm³/mol. The summed E-state index contributed by atoms with van der Waals surface area (Å²) in [7, 11) is 1.70. The Bertz CT molecular complexity index is 1780. The lowest BCUT2D eigenvalue weighted by molar-refractivity contribution is 0.419. The molecule has 0 saturated heterocycles. The Balaban J connectivity index is 1.16. The molecule has 2 aromatic heterocycles. The molecule has 4 nitrogen and oxygen atoms in total. The van der Waals surface area contributed by atoms with Gasteiger partial charge in [0.2, 0.25) is 0 Å². The lowest BCUT2D eigenvalue weighted by atomic mass is 9.99. The molecule has 6 rings (SSSR count). The van der Waals surface area contributed by atoms with Gasteiger partial charge in [-0.2, -0.15) is 0 Å². The number of rotatable bonds is 10. The molecule has 1 unspecified atom stereocenters. The van der Waals surface area contributed by atoms with E-state index in [4.69, 9.17) is 22.1 Å². The van der Waals surface area contributed by atoms with Gasteiger partial charge in [-0.25, -0.2) is 0 Å². The largest absolute Gasteiger partial charge is 0.495 e. The van der Waals surface area contributed by atoms with Crippen molar-refractivity contribution in [1.29, 1.82) is 0 Å². The molecule has 0 amide bonds. The number of aromatic amines is 2. The fraction of sp³-hybridized carbons (Fsp3) is 0.152. The van der Waals surface area contributed by atoms with Crippen LogP contribution in [0, 0.1) is 0 Å². The number of H-pyrrole nitrogens is 2. The zero-order valence-electron chi connectivity index (χ0n) is 22.1. The number of halogens is 1. The molecule has 40 heavy (non-hydrogen) atoms. The van der Waals surface area contributed by atoms with Crippen LogP contribution in [0.3, 0.4) is 0 Å². The predicted octanol–water partition coefficient (Wildman–Crippen LogP) is 9.12. The van der Waals surface area contributed by atoms with Gasteiger partial charge >= 0.3 is 0 Å². The second-order valence-corrected chi connectivity index (χ2v) is 12.4. The van der Waals surface area contributed by atoms with Gasteiger partial charge in [0.1, 0.15) is 5.75 Å². The van der Waals surface area contributed by atoms with Gasteiger partial charge in [-0.05, 0) is 66.8 Å². The second kappa shape index (κ2) is 12.1. The minimum Gasteiger partial charge on any atom is -0.495 e. The zero-order valence-corrected chi connectivity index (χ0v) is 24.5. The number of aromatic nitrogens is 2. The first-order valence-electron chi connectivity index (χ1n) is 13.3. The average Bonchev–Trinajstić information content (AvgIpc) is 3.58. The minimum atomic E-state index is 0.0104. The topological polar surface area (TPSA) is 66.8 Å². The van der Waals surface area contributed by atoms with E-state index < -0.39 is 0 Å². The van der Waals surface area contributed by atoms with Crippen LogP contribution in [0.1, 0.15) is 17.5 Å². The van der Waals surface area contributed by atoms with E-state index in [0.717, 1.165) is 46.5 Å². The van der Waals surface area contributed by atoms with Gasteiger partial charge in [0.05, 0.1) is 12.6 Å². The van der Waals surface area contributed by atoms with Crippen molar-refractivity contribution in [3.8, 4) is 5.75 Å². The minimum absolute atomic E-state index is 0.0104. The summed E-state index contributed by atoms with van der Waals surface area (Å²) in [6, 6.07) is 29.3. The Morgan fingerprint density at radius 2 is 1.50 bits per heavy atom. The number of benzene rings is 4. The summed E-state index contributed by atoms with van der Waals surface area (Å²) in [6.45, 7) is 0. The summed E-state index contributed by atoms with van der Waals surface area (Å²) >= 11 is 9.97. The van der Waals surface area contributed by atoms with E-state index in [1.54, 1.807) is 30.6 Å². The molecule has 6 aromatic rings. The standard InChI is InChI=1S/C33H30ClN3OS2/c1-38-28-11-6-9-26-32(20-37-33(26)28)39-29-12-5-2-7-21(29)13-15-24(35)18-22-17-23(34)14-16-30(22)40-31-19-36-27-10-4-3-8-25(27)31/h2-12,14,16-17,19-20,24,36-37H,13,15,18,35H2,1H3. The van der Waals surface area contributed by atoms with E-state index >= 15 is 0 Å². The van der Waals surface area contributed by atoms with Gasteiger partial charge < -0.3 is 20.4 Å². The van der Waals surface area contributed by atoms with E-state index in [-0.39, 0.29) is 6.04 Å². The molecule has 0 spiro atoms. The Morgan fingerprint density at radius 1 is 0.775 bits per heavy atom. The van der Waals surface area contributed by atoms with E-state index in [9.17, 15) is 0 Å². The van der Waals surface area contributed by atoms with Gasteiger partial charge in [-0.15, -0.1) is 0 Å². The first-order chi connectivity index (χ1) is 19.6.